The third-order valence-corrected chi connectivity index (χ3v) is 5.05. The molecule has 0 aliphatic carbocycles. The van der Waals surface area contributed by atoms with Crippen LogP contribution >= 0.6 is 0 Å². The van der Waals surface area contributed by atoms with Gasteiger partial charge < -0.3 is 14.6 Å². The third kappa shape index (κ3) is 2.31. The second-order valence-corrected chi connectivity index (χ2v) is 6.40. The predicted molar refractivity (Wildman–Crippen MR) is 81.6 cm³/mol. The van der Waals surface area contributed by atoms with Crippen LogP contribution in [0.4, 0.5) is 0 Å². The number of carbonyl (C=O) groups is 2. The van der Waals surface area contributed by atoms with Gasteiger partial charge in [-0.05, 0) is 39.3 Å². The van der Waals surface area contributed by atoms with Gasteiger partial charge in [-0.3, -0.25) is 14.5 Å². The third-order valence-electron chi connectivity index (χ3n) is 5.05. The van der Waals surface area contributed by atoms with Gasteiger partial charge in [0, 0.05) is 26.2 Å². The Bertz CT molecular complexity index is 610. The summed E-state index contributed by atoms with van der Waals surface area (Å²) < 4.78 is 5.46. The molecule has 0 unspecified atom stereocenters. The molecule has 2 aliphatic rings. The molecule has 1 N–H and O–H groups in total. The zero-order chi connectivity index (χ0) is 16.0. The van der Waals surface area contributed by atoms with Crippen LogP contribution in [0.5, 0.6) is 0 Å². The van der Waals surface area contributed by atoms with Crippen LogP contribution in [0.1, 0.15) is 28.3 Å². The van der Waals surface area contributed by atoms with E-state index in [0.717, 1.165) is 12.2 Å². The maximum absolute atomic E-state index is 12.7. The van der Waals surface area contributed by atoms with Crippen LogP contribution in [-0.4, -0.2) is 60.9 Å². The molecule has 2 fully saturated rings. The van der Waals surface area contributed by atoms with E-state index in [1.807, 2.05) is 31.9 Å². The second kappa shape index (κ2) is 5.43. The normalized spacial score (nSPS) is 28.0. The zero-order valence-electron chi connectivity index (χ0n) is 13.5. The first-order valence-electron chi connectivity index (χ1n) is 7.72. The van der Waals surface area contributed by atoms with Crippen molar-refractivity contribution >= 4 is 11.8 Å². The fraction of sp³-hybridized carbons (Fsp3) is 0.625. The number of nitrogens with zero attached hydrogens (tertiary/aromatic N) is 2. The molecule has 22 heavy (non-hydrogen) atoms. The molecule has 3 atom stereocenters. The molecule has 0 aromatic carbocycles. The van der Waals surface area contributed by atoms with Crippen LogP contribution in [-0.2, 0) is 4.79 Å². The lowest BCUT2D eigenvalue weighted by atomic mass is 10.0. The van der Waals surface area contributed by atoms with Gasteiger partial charge in [-0.15, -0.1) is 0 Å². The smallest absolute Gasteiger partial charge is 0.257 e. The van der Waals surface area contributed by atoms with Gasteiger partial charge in [0.05, 0.1) is 11.6 Å². The highest BCUT2D eigenvalue weighted by atomic mass is 16.3. The molecular weight excluding hydrogens is 282 g/mol. The Morgan fingerprint density at radius 2 is 2.05 bits per heavy atom. The monoisotopic (exact) mass is 305 g/mol. The molecule has 0 saturated carbocycles. The van der Waals surface area contributed by atoms with Crippen LogP contribution < -0.4 is 5.32 Å². The molecule has 2 amide bonds. The summed E-state index contributed by atoms with van der Waals surface area (Å²) in [5.41, 5.74) is 0.656. The molecule has 0 radical (unpaired) electrons. The van der Waals surface area contributed by atoms with Crippen molar-refractivity contribution in [3.8, 4) is 0 Å². The molecule has 1 aromatic rings. The quantitative estimate of drug-likeness (QED) is 0.877. The largest absolute Gasteiger partial charge is 0.466 e. The molecular formula is C16H23N3O3. The van der Waals surface area contributed by atoms with Crippen LogP contribution in [0, 0.1) is 19.8 Å². The van der Waals surface area contributed by atoms with E-state index in [1.54, 1.807) is 7.05 Å². The molecule has 120 valence electrons. The van der Waals surface area contributed by atoms with Crippen LogP contribution in [0.2, 0.25) is 0 Å². The van der Waals surface area contributed by atoms with Gasteiger partial charge in [-0.25, -0.2) is 0 Å². The summed E-state index contributed by atoms with van der Waals surface area (Å²) in [7, 11) is 3.65. The molecule has 6 nitrogen and oxygen atoms in total. The summed E-state index contributed by atoms with van der Waals surface area (Å²) in [4.78, 5) is 28.6. The number of likely N-dealkylation sites (N-methyl/N-ethyl adjacent to an activating group) is 2. The zero-order valence-corrected chi connectivity index (χ0v) is 13.5. The summed E-state index contributed by atoms with van der Waals surface area (Å²) >= 11 is 0. The number of hydrogen-bond acceptors (Lipinski definition) is 4. The van der Waals surface area contributed by atoms with Crippen molar-refractivity contribution in [2.75, 3.05) is 27.2 Å². The summed E-state index contributed by atoms with van der Waals surface area (Å²) in [6, 6.07) is 2.00. The van der Waals surface area contributed by atoms with E-state index in [2.05, 4.69) is 10.2 Å². The number of likely N-dealkylation sites (tertiary alicyclic amines) is 2. The van der Waals surface area contributed by atoms with Crippen molar-refractivity contribution in [2.45, 2.75) is 32.4 Å². The molecule has 0 bridgehead atoms. The van der Waals surface area contributed by atoms with Gasteiger partial charge in [-0.2, -0.15) is 0 Å². The van der Waals surface area contributed by atoms with E-state index in [-0.39, 0.29) is 23.9 Å². The first-order chi connectivity index (χ1) is 10.4. The van der Waals surface area contributed by atoms with Gasteiger partial charge >= 0.3 is 0 Å². The maximum Gasteiger partial charge on any atom is 0.257 e. The van der Waals surface area contributed by atoms with Gasteiger partial charge in [0.1, 0.15) is 11.5 Å². The Morgan fingerprint density at radius 1 is 1.32 bits per heavy atom. The van der Waals surface area contributed by atoms with Gasteiger partial charge in [-0.1, -0.05) is 0 Å². The molecule has 2 aliphatic heterocycles. The highest BCUT2D eigenvalue weighted by molar-refractivity contribution is 5.95. The summed E-state index contributed by atoms with van der Waals surface area (Å²) in [6.07, 6.45) is 0.814. The minimum Gasteiger partial charge on any atom is -0.466 e. The molecule has 2 saturated heterocycles. The van der Waals surface area contributed by atoms with Gasteiger partial charge in [0.25, 0.3) is 5.91 Å². The number of rotatable bonds is 2. The number of furan rings is 1. The molecule has 6 heteroatoms. The molecule has 1 aromatic heterocycles. The fourth-order valence-corrected chi connectivity index (χ4v) is 3.87. The highest BCUT2D eigenvalue weighted by Crippen LogP contribution is 2.35. The van der Waals surface area contributed by atoms with Gasteiger partial charge in [0.15, 0.2) is 0 Å². The first kappa shape index (κ1) is 15.1. The van der Waals surface area contributed by atoms with Gasteiger partial charge in [0.2, 0.25) is 5.91 Å². The maximum atomic E-state index is 12.7. The molecule has 0 spiro atoms. The molecule has 3 rings (SSSR count). The predicted octanol–water partition coefficient (Wildman–Crippen LogP) is 0.787. The second-order valence-electron chi connectivity index (χ2n) is 6.40. The van der Waals surface area contributed by atoms with Crippen LogP contribution in [0.3, 0.4) is 0 Å². The summed E-state index contributed by atoms with van der Waals surface area (Å²) in [5, 5.41) is 2.72. The van der Waals surface area contributed by atoms with E-state index in [1.165, 1.54) is 0 Å². The number of aryl methyl sites for hydroxylation is 2. The van der Waals surface area contributed by atoms with E-state index in [4.69, 9.17) is 4.42 Å². The summed E-state index contributed by atoms with van der Waals surface area (Å²) in [6.45, 7) is 5.07. The Labute approximate surface area is 130 Å². The van der Waals surface area contributed by atoms with Crippen molar-refractivity contribution < 1.29 is 14.0 Å². The van der Waals surface area contributed by atoms with E-state index < -0.39 is 0 Å². The standard InChI is InChI=1S/C16H23N3O3/c1-9-5-12(10(2)22-9)16(21)19-7-11-6-13(15(20)17-3)18(4)14(11)8-19/h5,11,13-14H,6-8H2,1-4H3,(H,17,20)/t11-,13-,14+/m0/s1. The topological polar surface area (TPSA) is 65.8 Å². The number of nitrogens with one attached hydrogen (secondary N) is 1. The van der Waals surface area contributed by atoms with Crippen molar-refractivity contribution in [3.63, 3.8) is 0 Å². The summed E-state index contributed by atoms with van der Waals surface area (Å²) in [5.74, 6) is 1.91. The minimum atomic E-state index is -0.0739. The number of hydrogen-bond donors (Lipinski definition) is 1. The lowest BCUT2D eigenvalue weighted by Crippen LogP contribution is -2.45. The van der Waals surface area contributed by atoms with Crippen molar-refractivity contribution in [3.05, 3.63) is 23.2 Å². The number of carbonyl (C=O) groups excluding carboxylic acids is 2. The highest BCUT2D eigenvalue weighted by Gasteiger charge is 2.48. The molecule has 3 heterocycles. The number of amides is 2. The lowest BCUT2D eigenvalue weighted by Gasteiger charge is -2.25. The van der Waals surface area contributed by atoms with E-state index in [9.17, 15) is 9.59 Å². The van der Waals surface area contributed by atoms with Crippen molar-refractivity contribution in [1.29, 1.82) is 0 Å². The minimum absolute atomic E-state index is 0.0358. The van der Waals surface area contributed by atoms with Crippen molar-refractivity contribution in [2.24, 2.45) is 5.92 Å². The Kier molecular flexibility index (Phi) is 3.72. The Morgan fingerprint density at radius 3 is 2.59 bits per heavy atom. The van der Waals surface area contributed by atoms with Crippen LogP contribution in [0.15, 0.2) is 10.5 Å². The average molecular weight is 305 g/mol. The van der Waals surface area contributed by atoms with E-state index in [0.29, 0.717) is 30.3 Å². The lowest BCUT2D eigenvalue weighted by molar-refractivity contribution is -0.125. The first-order valence-corrected chi connectivity index (χ1v) is 7.72. The number of fused-ring (bicyclic) bond motifs is 1. The SMILES string of the molecule is CNC(=O)[C@@H]1C[C@H]2CN(C(=O)c3cc(C)oc3C)C[C@H]2N1C. The van der Waals surface area contributed by atoms with Crippen LogP contribution in [0.25, 0.3) is 0 Å². The Balaban J connectivity index is 1.71. The average Bonchev–Trinajstić information content (AvgIpc) is 3.12. The fourth-order valence-electron chi connectivity index (χ4n) is 3.87. The Hall–Kier alpha value is -1.82. The van der Waals surface area contributed by atoms with Crippen molar-refractivity contribution in [1.82, 2.24) is 15.1 Å². The van der Waals surface area contributed by atoms with E-state index >= 15 is 0 Å².